The molecular weight excluding hydrogens is 242 g/mol. The van der Waals surface area contributed by atoms with E-state index < -0.39 is 0 Å². The molecule has 20 heavy (non-hydrogen) atoms. The van der Waals surface area contributed by atoms with Crippen molar-refractivity contribution in [1.82, 2.24) is 5.32 Å². The highest BCUT2D eigenvalue weighted by Crippen LogP contribution is 2.37. The van der Waals surface area contributed by atoms with E-state index in [1.54, 1.807) is 0 Å². The zero-order valence-electron chi connectivity index (χ0n) is 13.7. The Morgan fingerprint density at radius 1 is 1.05 bits per heavy atom. The van der Waals surface area contributed by atoms with Crippen LogP contribution in [0.1, 0.15) is 70.5 Å². The summed E-state index contributed by atoms with van der Waals surface area (Å²) in [5.41, 5.74) is 3.41. The Morgan fingerprint density at radius 2 is 1.65 bits per heavy atom. The lowest BCUT2D eigenvalue weighted by Crippen LogP contribution is -2.31. The first kappa shape index (κ1) is 15.6. The van der Waals surface area contributed by atoms with E-state index in [0.717, 1.165) is 12.5 Å². The van der Waals surface area contributed by atoms with Crippen LogP contribution in [-0.2, 0) is 6.42 Å². The van der Waals surface area contributed by atoms with Crippen LogP contribution in [0.4, 0.5) is 0 Å². The van der Waals surface area contributed by atoms with Crippen LogP contribution in [0.15, 0.2) is 24.3 Å². The van der Waals surface area contributed by atoms with Crippen molar-refractivity contribution in [2.75, 3.05) is 6.54 Å². The van der Waals surface area contributed by atoms with E-state index in [4.69, 9.17) is 0 Å². The lowest BCUT2D eigenvalue weighted by Gasteiger charge is -2.26. The van der Waals surface area contributed by atoms with E-state index in [1.807, 2.05) is 0 Å². The maximum Gasteiger partial charge on any atom is 0.0292 e. The van der Waals surface area contributed by atoms with Crippen molar-refractivity contribution >= 4 is 0 Å². The third-order valence-corrected chi connectivity index (χ3v) is 4.77. The first-order chi connectivity index (χ1) is 9.48. The maximum absolute atomic E-state index is 3.74. The second-order valence-corrected chi connectivity index (χ2v) is 7.46. The molecule has 0 amide bonds. The van der Waals surface area contributed by atoms with Crippen molar-refractivity contribution < 1.29 is 0 Å². The van der Waals surface area contributed by atoms with E-state index in [9.17, 15) is 0 Å². The molecule has 1 saturated carbocycles. The van der Waals surface area contributed by atoms with Gasteiger partial charge in [0.15, 0.2) is 0 Å². The summed E-state index contributed by atoms with van der Waals surface area (Å²) in [4.78, 5) is 0. The molecule has 1 unspecified atom stereocenters. The second-order valence-electron chi connectivity index (χ2n) is 7.46. The highest BCUT2D eigenvalue weighted by Gasteiger charge is 2.28. The second kappa shape index (κ2) is 6.76. The quantitative estimate of drug-likeness (QED) is 0.759. The van der Waals surface area contributed by atoms with Crippen LogP contribution in [0.25, 0.3) is 0 Å². The molecule has 1 atom stereocenters. The molecule has 0 aromatic heterocycles. The van der Waals surface area contributed by atoms with Gasteiger partial charge in [-0.3, -0.25) is 0 Å². The van der Waals surface area contributed by atoms with Gasteiger partial charge in [0, 0.05) is 12.6 Å². The predicted octanol–water partition coefficient (Wildman–Crippen LogP) is 5.12. The SMILES string of the molecule is CC(C)Cc1ccc(C(C)NCC2(C)CCCC2)cc1. The fourth-order valence-electron chi connectivity index (χ4n) is 3.34. The molecule has 1 heteroatoms. The molecule has 1 nitrogen and oxygen atoms in total. The van der Waals surface area contributed by atoms with Crippen molar-refractivity contribution in [3.63, 3.8) is 0 Å². The van der Waals surface area contributed by atoms with Crippen molar-refractivity contribution in [3.8, 4) is 0 Å². The maximum atomic E-state index is 3.74. The smallest absolute Gasteiger partial charge is 0.0292 e. The summed E-state index contributed by atoms with van der Waals surface area (Å²) >= 11 is 0. The molecule has 0 aliphatic heterocycles. The molecule has 1 N–H and O–H groups in total. The van der Waals surface area contributed by atoms with Crippen LogP contribution >= 0.6 is 0 Å². The molecule has 0 spiro atoms. The zero-order chi connectivity index (χ0) is 14.6. The summed E-state index contributed by atoms with van der Waals surface area (Å²) in [6.07, 6.45) is 6.78. The van der Waals surface area contributed by atoms with Crippen molar-refractivity contribution in [1.29, 1.82) is 0 Å². The van der Waals surface area contributed by atoms with Crippen LogP contribution in [0.5, 0.6) is 0 Å². The van der Waals surface area contributed by atoms with E-state index in [1.165, 1.54) is 43.2 Å². The Hall–Kier alpha value is -0.820. The molecule has 0 heterocycles. The van der Waals surface area contributed by atoms with E-state index in [2.05, 4.69) is 57.3 Å². The van der Waals surface area contributed by atoms with Crippen molar-refractivity contribution in [3.05, 3.63) is 35.4 Å². The molecule has 1 aliphatic carbocycles. The summed E-state index contributed by atoms with van der Waals surface area (Å²) < 4.78 is 0. The minimum absolute atomic E-state index is 0.459. The normalized spacial score (nSPS) is 19.4. The van der Waals surface area contributed by atoms with Gasteiger partial charge >= 0.3 is 0 Å². The van der Waals surface area contributed by atoms with Gasteiger partial charge in [0.25, 0.3) is 0 Å². The zero-order valence-corrected chi connectivity index (χ0v) is 13.7. The average Bonchev–Trinajstić information content (AvgIpc) is 2.84. The first-order valence-electron chi connectivity index (χ1n) is 8.31. The van der Waals surface area contributed by atoms with E-state index in [-0.39, 0.29) is 0 Å². The molecular formula is C19H31N. The Morgan fingerprint density at radius 3 is 2.20 bits per heavy atom. The van der Waals surface area contributed by atoms with Gasteiger partial charge in [0.1, 0.15) is 0 Å². The largest absolute Gasteiger partial charge is 0.310 e. The van der Waals surface area contributed by atoms with E-state index >= 15 is 0 Å². The Bertz CT molecular complexity index is 398. The topological polar surface area (TPSA) is 12.0 Å². The Kier molecular flexibility index (Phi) is 5.26. The van der Waals surface area contributed by atoms with Gasteiger partial charge in [-0.05, 0) is 48.6 Å². The van der Waals surface area contributed by atoms with Crippen LogP contribution in [0.2, 0.25) is 0 Å². The standard InChI is InChI=1S/C19H31N/c1-15(2)13-17-7-9-18(10-8-17)16(3)20-14-19(4)11-5-6-12-19/h7-10,15-16,20H,5-6,11-14H2,1-4H3. The number of hydrogen-bond donors (Lipinski definition) is 1. The highest BCUT2D eigenvalue weighted by atomic mass is 14.9. The summed E-state index contributed by atoms with van der Waals surface area (Å²) in [5, 5.41) is 3.74. The minimum Gasteiger partial charge on any atom is -0.310 e. The monoisotopic (exact) mass is 273 g/mol. The molecule has 0 radical (unpaired) electrons. The molecule has 112 valence electrons. The number of nitrogens with one attached hydrogen (secondary N) is 1. The van der Waals surface area contributed by atoms with Crippen molar-refractivity contribution in [2.45, 2.75) is 65.8 Å². The Labute approximate surface area is 125 Å². The van der Waals surface area contributed by atoms with Gasteiger partial charge in [-0.1, -0.05) is 57.9 Å². The summed E-state index contributed by atoms with van der Waals surface area (Å²) in [5.74, 6) is 0.735. The molecule has 0 bridgehead atoms. The summed E-state index contributed by atoms with van der Waals surface area (Å²) in [6.45, 7) is 10.4. The van der Waals surface area contributed by atoms with Gasteiger partial charge < -0.3 is 5.32 Å². The third-order valence-electron chi connectivity index (χ3n) is 4.77. The van der Waals surface area contributed by atoms with Crippen LogP contribution in [0.3, 0.4) is 0 Å². The van der Waals surface area contributed by atoms with Crippen molar-refractivity contribution in [2.24, 2.45) is 11.3 Å². The highest BCUT2D eigenvalue weighted by molar-refractivity contribution is 5.25. The average molecular weight is 273 g/mol. The predicted molar refractivity (Wildman–Crippen MR) is 88.0 cm³/mol. The number of hydrogen-bond acceptors (Lipinski definition) is 1. The van der Waals surface area contributed by atoms with Gasteiger partial charge in [0.05, 0.1) is 0 Å². The number of rotatable bonds is 6. The fourth-order valence-corrected chi connectivity index (χ4v) is 3.34. The summed E-state index contributed by atoms with van der Waals surface area (Å²) in [6, 6.07) is 9.65. The van der Waals surface area contributed by atoms with Crippen LogP contribution in [-0.4, -0.2) is 6.54 Å². The summed E-state index contributed by atoms with van der Waals surface area (Å²) in [7, 11) is 0. The van der Waals surface area contributed by atoms with Gasteiger partial charge in [-0.15, -0.1) is 0 Å². The first-order valence-corrected chi connectivity index (χ1v) is 8.31. The van der Waals surface area contributed by atoms with Crippen LogP contribution < -0.4 is 5.32 Å². The third kappa shape index (κ3) is 4.34. The lowest BCUT2D eigenvalue weighted by molar-refractivity contribution is 0.302. The fraction of sp³-hybridized carbons (Fsp3) is 0.684. The van der Waals surface area contributed by atoms with Gasteiger partial charge in [-0.25, -0.2) is 0 Å². The van der Waals surface area contributed by atoms with E-state index in [0.29, 0.717) is 11.5 Å². The number of benzene rings is 1. The van der Waals surface area contributed by atoms with Crippen LogP contribution in [0, 0.1) is 11.3 Å². The molecule has 1 aliphatic rings. The molecule has 2 rings (SSSR count). The van der Waals surface area contributed by atoms with Gasteiger partial charge in [-0.2, -0.15) is 0 Å². The van der Waals surface area contributed by atoms with Gasteiger partial charge in [0.2, 0.25) is 0 Å². The molecule has 1 aromatic carbocycles. The Balaban J connectivity index is 1.87. The molecule has 1 aromatic rings. The lowest BCUT2D eigenvalue weighted by atomic mass is 9.88. The minimum atomic E-state index is 0.459. The molecule has 1 fully saturated rings. The molecule has 0 saturated heterocycles.